The lowest BCUT2D eigenvalue weighted by atomic mass is 9.98. The van der Waals surface area contributed by atoms with E-state index in [1.807, 2.05) is 34.5 Å². The minimum Gasteiger partial charge on any atom is -0.383 e. The summed E-state index contributed by atoms with van der Waals surface area (Å²) < 4.78 is 31.1. The van der Waals surface area contributed by atoms with Crippen molar-refractivity contribution in [2.24, 2.45) is 5.92 Å². The maximum atomic E-state index is 15.8. The molecular weight excluding hydrogens is 709 g/mol. The third-order valence-corrected chi connectivity index (χ3v) is 10.6. The summed E-state index contributed by atoms with van der Waals surface area (Å²) in [7, 11) is 0. The topological polar surface area (TPSA) is 136 Å². The van der Waals surface area contributed by atoms with Crippen LogP contribution in [0.25, 0.3) is 33.5 Å². The van der Waals surface area contributed by atoms with Crippen molar-refractivity contribution in [2.75, 3.05) is 11.1 Å². The minimum absolute atomic E-state index is 0.0977. The second-order valence-electron chi connectivity index (χ2n) is 13.8. The molecule has 1 aliphatic heterocycles. The first-order valence-electron chi connectivity index (χ1n) is 17.7. The van der Waals surface area contributed by atoms with Gasteiger partial charge in [0.1, 0.15) is 23.0 Å². The van der Waals surface area contributed by atoms with Crippen molar-refractivity contribution in [3.05, 3.63) is 135 Å². The molecule has 1 atom stereocenters. The SMILES string of the molecule is Nc1ncc(-c2ccc(C[C@@H]3CCC(=O)N3Cc3cscn3)cc2)cc1-c1ccc(NC(=O)c2cn(CC3CC3)cc(-c3ccc(F)cn3)c2=O)cc1F. The van der Waals surface area contributed by atoms with Crippen molar-refractivity contribution in [3.63, 3.8) is 0 Å². The number of hydrogen-bond acceptors (Lipinski definition) is 8. The van der Waals surface area contributed by atoms with Crippen LogP contribution in [0, 0.1) is 17.6 Å². The maximum absolute atomic E-state index is 15.8. The summed E-state index contributed by atoms with van der Waals surface area (Å²) >= 11 is 1.52. The Morgan fingerprint density at radius 1 is 0.889 bits per heavy atom. The number of nitrogens with zero attached hydrogens (tertiary/aromatic N) is 5. The number of hydrogen-bond donors (Lipinski definition) is 2. The molecule has 3 N–H and O–H groups in total. The van der Waals surface area contributed by atoms with Crippen LogP contribution in [0.15, 0.2) is 101 Å². The van der Waals surface area contributed by atoms with Gasteiger partial charge >= 0.3 is 0 Å². The Hall–Kier alpha value is -6.08. The van der Waals surface area contributed by atoms with E-state index in [4.69, 9.17) is 5.73 Å². The molecule has 0 radical (unpaired) electrons. The highest BCUT2D eigenvalue weighted by atomic mass is 32.1. The lowest BCUT2D eigenvalue weighted by Crippen LogP contribution is -2.34. The molecule has 2 aromatic carbocycles. The zero-order chi connectivity index (χ0) is 37.3. The molecule has 1 saturated heterocycles. The van der Waals surface area contributed by atoms with E-state index in [0.717, 1.165) is 54.3 Å². The van der Waals surface area contributed by atoms with E-state index < -0.39 is 23.0 Å². The van der Waals surface area contributed by atoms with Gasteiger partial charge in [0.05, 0.1) is 35.2 Å². The Morgan fingerprint density at radius 2 is 1.72 bits per heavy atom. The van der Waals surface area contributed by atoms with Gasteiger partial charge in [-0.15, -0.1) is 11.3 Å². The highest BCUT2D eigenvalue weighted by Crippen LogP contribution is 2.34. The van der Waals surface area contributed by atoms with Gasteiger partial charge in [-0.1, -0.05) is 24.3 Å². The molecule has 1 saturated carbocycles. The van der Waals surface area contributed by atoms with Crippen LogP contribution in [0.4, 0.5) is 20.3 Å². The van der Waals surface area contributed by atoms with Gasteiger partial charge in [-0.05, 0) is 79.1 Å². The number of thiazole rings is 1. The second-order valence-corrected chi connectivity index (χ2v) is 14.5. The van der Waals surface area contributed by atoms with E-state index in [1.54, 1.807) is 28.5 Å². The van der Waals surface area contributed by atoms with Crippen molar-refractivity contribution in [3.8, 4) is 33.5 Å². The molecule has 54 heavy (non-hydrogen) atoms. The van der Waals surface area contributed by atoms with Crippen LogP contribution in [-0.4, -0.2) is 42.3 Å². The molecule has 13 heteroatoms. The van der Waals surface area contributed by atoms with E-state index in [0.29, 0.717) is 31.0 Å². The molecule has 6 aromatic rings. The van der Waals surface area contributed by atoms with Gasteiger partial charge in [0.15, 0.2) is 0 Å². The van der Waals surface area contributed by atoms with Crippen molar-refractivity contribution >= 4 is 34.7 Å². The van der Waals surface area contributed by atoms with Crippen LogP contribution in [0.5, 0.6) is 0 Å². The van der Waals surface area contributed by atoms with Gasteiger partial charge in [0.25, 0.3) is 5.91 Å². The number of halogens is 2. The van der Waals surface area contributed by atoms with Crippen LogP contribution >= 0.6 is 11.3 Å². The fourth-order valence-corrected chi connectivity index (χ4v) is 7.44. The average Bonchev–Trinajstić information content (AvgIpc) is 3.71. The number of pyridine rings is 3. The monoisotopic (exact) mass is 743 g/mol. The van der Waals surface area contributed by atoms with Crippen LogP contribution in [0.1, 0.15) is 47.3 Å². The van der Waals surface area contributed by atoms with E-state index in [1.165, 1.54) is 47.9 Å². The molecule has 0 spiro atoms. The number of rotatable bonds is 11. The third kappa shape index (κ3) is 7.53. The third-order valence-electron chi connectivity index (χ3n) is 9.96. The number of carbonyl (C=O) groups is 2. The molecule has 2 aliphatic rings. The summed E-state index contributed by atoms with van der Waals surface area (Å²) in [6.45, 7) is 1.13. The number of benzene rings is 2. The normalized spacial score (nSPS) is 15.5. The molecule has 272 valence electrons. The van der Waals surface area contributed by atoms with Gasteiger partial charge in [-0.2, -0.15) is 0 Å². The fraction of sp³-hybridized carbons (Fsp3) is 0.220. The predicted octanol–water partition coefficient (Wildman–Crippen LogP) is 7.35. The number of likely N-dealkylation sites (tertiary alicyclic amines) is 1. The zero-order valence-electron chi connectivity index (χ0n) is 29.0. The van der Waals surface area contributed by atoms with Crippen molar-refractivity contribution in [1.29, 1.82) is 0 Å². The molecule has 5 heterocycles. The number of carbonyl (C=O) groups excluding carboxylic acids is 2. The number of nitrogen functional groups attached to an aromatic ring is 1. The fourth-order valence-electron chi connectivity index (χ4n) is 6.89. The number of nitrogens with one attached hydrogen (secondary N) is 1. The summed E-state index contributed by atoms with van der Waals surface area (Å²) in [5.41, 5.74) is 12.0. The Morgan fingerprint density at radius 3 is 2.44 bits per heavy atom. The molecule has 0 bridgehead atoms. The highest BCUT2D eigenvalue weighted by Gasteiger charge is 2.31. The van der Waals surface area contributed by atoms with E-state index >= 15 is 4.39 Å². The minimum atomic E-state index is -0.709. The van der Waals surface area contributed by atoms with Gasteiger partial charge in [-0.25, -0.2) is 18.7 Å². The lowest BCUT2D eigenvalue weighted by Gasteiger charge is -2.24. The van der Waals surface area contributed by atoms with E-state index in [9.17, 15) is 18.8 Å². The number of aromatic nitrogens is 4. The first-order valence-corrected chi connectivity index (χ1v) is 18.6. The molecule has 4 aromatic heterocycles. The molecule has 8 rings (SSSR count). The zero-order valence-corrected chi connectivity index (χ0v) is 29.9. The smallest absolute Gasteiger partial charge is 0.261 e. The van der Waals surface area contributed by atoms with Gasteiger partial charge in [-0.3, -0.25) is 19.4 Å². The van der Waals surface area contributed by atoms with Gasteiger partial charge < -0.3 is 20.5 Å². The summed E-state index contributed by atoms with van der Waals surface area (Å²) in [6.07, 6.45) is 9.94. The molecule has 1 aliphatic carbocycles. The maximum Gasteiger partial charge on any atom is 0.261 e. The predicted molar refractivity (Wildman–Crippen MR) is 203 cm³/mol. The van der Waals surface area contributed by atoms with Crippen molar-refractivity contribution < 1.29 is 18.4 Å². The molecule has 10 nitrogen and oxygen atoms in total. The van der Waals surface area contributed by atoms with Crippen LogP contribution in [-0.2, 0) is 24.3 Å². The summed E-state index contributed by atoms with van der Waals surface area (Å²) in [4.78, 5) is 54.2. The van der Waals surface area contributed by atoms with Crippen LogP contribution in [0.2, 0.25) is 0 Å². The van der Waals surface area contributed by atoms with Gasteiger partial charge in [0, 0.05) is 65.4 Å². The van der Waals surface area contributed by atoms with E-state index in [2.05, 4.69) is 20.3 Å². The highest BCUT2D eigenvalue weighted by molar-refractivity contribution is 7.07. The van der Waals surface area contributed by atoms with Gasteiger partial charge in [0.2, 0.25) is 11.3 Å². The Labute approximate surface area is 313 Å². The van der Waals surface area contributed by atoms with Crippen molar-refractivity contribution in [1.82, 2.24) is 24.4 Å². The Bertz CT molecular complexity index is 2410. The number of nitrogens with two attached hydrogens (primary N) is 1. The first kappa shape index (κ1) is 35.0. The quantitative estimate of drug-likeness (QED) is 0.142. The Kier molecular flexibility index (Phi) is 9.55. The summed E-state index contributed by atoms with van der Waals surface area (Å²) in [5.74, 6) is -1.16. The second kappa shape index (κ2) is 14.7. The number of amides is 2. The molecule has 0 unspecified atom stereocenters. The summed E-state index contributed by atoms with van der Waals surface area (Å²) in [5, 5.41) is 4.63. The largest absolute Gasteiger partial charge is 0.383 e. The molecule has 2 amide bonds. The summed E-state index contributed by atoms with van der Waals surface area (Å²) in [6, 6.07) is 16.7. The van der Waals surface area contributed by atoms with E-state index in [-0.39, 0.29) is 45.8 Å². The Balaban J connectivity index is 0.991. The standard InChI is InChI=1S/C41H35F2N7O3S/c42-28-7-11-37(45-17-28)34-20-49(18-25-1-2-25)21-35(39(34)52)41(53)48-29-8-10-32(36(43)15-29)33-14-27(16-46-40(33)44)26-5-3-24(4-6-26)13-31-9-12-38(51)50(31)19-30-22-54-23-47-30/h3-8,10-11,14-17,20-23,25,31H,1-2,9,12-13,18-19H2,(H2,44,46)(H,48,53)/t31-/m0/s1. The number of anilines is 2. The molecule has 2 fully saturated rings. The molecular formula is C41H35F2N7O3S. The average molecular weight is 744 g/mol. The van der Waals surface area contributed by atoms with Crippen LogP contribution in [0.3, 0.4) is 0 Å². The van der Waals surface area contributed by atoms with Crippen molar-refractivity contribution in [2.45, 2.75) is 51.2 Å². The lowest BCUT2D eigenvalue weighted by molar-refractivity contribution is -0.129. The first-order chi connectivity index (χ1) is 26.2. The van der Waals surface area contributed by atoms with Crippen LogP contribution < -0.4 is 16.5 Å².